The third-order valence-electron chi connectivity index (χ3n) is 10.6. The van der Waals surface area contributed by atoms with Gasteiger partial charge in [0.2, 0.25) is 0 Å². The molecule has 0 bridgehead atoms. The van der Waals surface area contributed by atoms with Crippen LogP contribution in [0.5, 0.6) is 0 Å². The minimum Gasteiger partial charge on any atom is -0.393 e. The van der Waals surface area contributed by atoms with Crippen molar-refractivity contribution in [1.82, 2.24) is 10.6 Å². The van der Waals surface area contributed by atoms with E-state index in [4.69, 9.17) is 0 Å². The first-order chi connectivity index (χ1) is 14.7. The molecule has 0 amide bonds. The summed E-state index contributed by atoms with van der Waals surface area (Å²) in [6.45, 7) is 15.1. The molecule has 0 spiro atoms. The number of nitrogens with one attached hydrogen (secondary N) is 2. The molecule has 0 aromatic rings. The molecule has 31 heavy (non-hydrogen) atoms. The van der Waals surface area contributed by atoms with Gasteiger partial charge in [-0.25, -0.2) is 0 Å². The van der Waals surface area contributed by atoms with Gasteiger partial charge in [-0.05, 0) is 91.4 Å². The van der Waals surface area contributed by atoms with E-state index < -0.39 is 0 Å². The number of carbonyl (C=O) groups excluding carboxylic acids is 1. The Kier molecular flexibility index (Phi) is 6.93. The molecule has 0 aliphatic heterocycles. The molecular weight excluding hydrogens is 384 g/mol. The van der Waals surface area contributed by atoms with Crippen molar-refractivity contribution in [1.29, 1.82) is 0 Å². The van der Waals surface area contributed by atoms with Gasteiger partial charge in [0.1, 0.15) is 5.78 Å². The number of rotatable bonds is 7. The van der Waals surface area contributed by atoms with Gasteiger partial charge in [-0.3, -0.25) is 4.79 Å². The maximum atomic E-state index is 12.1. The third kappa shape index (κ3) is 4.26. The second-order valence-corrected chi connectivity index (χ2v) is 12.6. The molecule has 4 rings (SSSR count). The van der Waals surface area contributed by atoms with Crippen LogP contribution >= 0.6 is 0 Å². The van der Waals surface area contributed by atoms with E-state index in [1.165, 1.54) is 25.7 Å². The Morgan fingerprint density at radius 1 is 1.03 bits per heavy atom. The van der Waals surface area contributed by atoms with E-state index in [0.717, 1.165) is 51.2 Å². The first-order valence-corrected chi connectivity index (χ1v) is 13.3. The van der Waals surface area contributed by atoms with E-state index in [-0.39, 0.29) is 11.5 Å². The highest BCUT2D eigenvalue weighted by molar-refractivity contribution is 5.79. The van der Waals surface area contributed by atoms with Crippen molar-refractivity contribution in [3.8, 4) is 0 Å². The van der Waals surface area contributed by atoms with Gasteiger partial charge < -0.3 is 15.7 Å². The van der Waals surface area contributed by atoms with E-state index in [0.29, 0.717) is 46.8 Å². The van der Waals surface area contributed by atoms with Crippen molar-refractivity contribution in [2.45, 2.75) is 98.1 Å². The number of fused-ring (bicyclic) bond motifs is 5. The van der Waals surface area contributed by atoms with Crippen molar-refractivity contribution in [2.24, 2.45) is 46.3 Å². The van der Waals surface area contributed by atoms with Crippen molar-refractivity contribution in [2.75, 3.05) is 19.6 Å². The maximum absolute atomic E-state index is 12.1. The molecule has 4 saturated carbocycles. The standard InChI is InChI=1S/C27H48N2O2/c1-17(2)29-13-12-28-16-18(3)21-6-7-22-25-23(9-11-27(21,22)5)26(4)10-8-20(30)14-19(26)15-24(25)31/h17-19,21-25,28-29,31H,6-16H2,1-5H3/t18-,19?,21-,22?,23?,24-,25?,26+,27-/m1/s1. The second kappa shape index (κ2) is 9.06. The number of aliphatic hydroxyl groups excluding tert-OH is 1. The number of hydrogen-bond acceptors (Lipinski definition) is 4. The van der Waals surface area contributed by atoms with Crippen LogP contribution < -0.4 is 10.6 Å². The van der Waals surface area contributed by atoms with Crippen LogP contribution in [0, 0.1) is 46.3 Å². The first-order valence-electron chi connectivity index (χ1n) is 13.3. The summed E-state index contributed by atoms with van der Waals surface area (Å²) in [6, 6.07) is 0.551. The lowest BCUT2D eigenvalue weighted by Crippen LogP contribution is -2.58. The summed E-state index contributed by atoms with van der Waals surface area (Å²) < 4.78 is 0. The topological polar surface area (TPSA) is 61.4 Å². The van der Waals surface area contributed by atoms with Crippen LogP contribution in [0.25, 0.3) is 0 Å². The van der Waals surface area contributed by atoms with Crippen LogP contribution in [0.1, 0.15) is 86.0 Å². The molecule has 9 atom stereocenters. The highest BCUT2D eigenvalue weighted by atomic mass is 16.3. The van der Waals surface area contributed by atoms with Gasteiger partial charge >= 0.3 is 0 Å². The summed E-state index contributed by atoms with van der Waals surface area (Å²) in [7, 11) is 0. The number of ketones is 1. The largest absolute Gasteiger partial charge is 0.393 e. The SMILES string of the molecule is CC(C)NCCNC[C@@H](C)[C@H]1CCC2C3C(CC[C@@]21C)[C@@]1(C)CCC(=O)CC1C[C@H]3O. The van der Waals surface area contributed by atoms with Gasteiger partial charge in [0, 0.05) is 32.0 Å². The highest BCUT2D eigenvalue weighted by Crippen LogP contribution is 2.68. The fourth-order valence-corrected chi connectivity index (χ4v) is 8.91. The zero-order valence-electron chi connectivity index (χ0n) is 20.8. The van der Waals surface area contributed by atoms with Gasteiger partial charge in [-0.1, -0.05) is 34.6 Å². The van der Waals surface area contributed by atoms with Crippen LogP contribution in [-0.4, -0.2) is 42.7 Å². The third-order valence-corrected chi connectivity index (χ3v) is 10.6. The minimum atomic E-state index is -0.201. The molecular formula is C27H48N2O2. The summed E-state index contributed by atoms with van der Waals surface area (Å²) in [5.41, 5.74) is 0.640. The van der Waals surface area contributed by atoms with Crippen LogP contribution in [0.3, 0.4) is 0 Å². The number of aliphatic hydroxyl groups is 1. The summed E-state index contributed by atoms with van der Waals surface area (Å²) >= 11 is 0. The van der Waals surface area contributed by atoms with Crippen molar-refractivity contribution >= 4 is 5.78 Å². The fraction of sp³-hybridized carbons (Fsp3) is 0.963. The normalized spacial score (nSPS) is 45.8. The van der Waals surface area contributed by atoms with Crippen LogP contribution in [0.2, 0.25) is 0 Å². The van der Waals surface area contributed by atoms with E-state index >= 15 is 0 Å². The van der Waals surface area contributed by atoms with Crippen LogP contribution in [0.4, 0.5) is 0 Å². The molecule has 0 radical (unpaired) electrons. The van der Waals surface area contributed by atoms with Gasteiger partial charge in [0.25, 0.3) is 0 Å². The van der Waals surface area contributed by atoms with E-state index in [1.54, 1.807) is 0 Å². The lowest BCUT2D eigenvalue weighted by molar-refractivity contribution is -0.168. The lowest BCUT2D eigenvalue weighted by atomic mass is 9.44. The van der Waals surface area contributed by atoms with Gasteiger partial charge in [-0.15, -0.1) is 0 Å². The molecule has 0 saturated heterocycles. The van der Waals surface area contributed by atoms with Crippen LogP contribution in [-0.2, 0) is 4.79 Å². The summed E-state index contributed by atoms with van der Waals surface area (Å²) in [5, 5.41) is 18.5. The van der Waals surface area contributed by atoms with Crippen molar-refractivity contribution < 1.29 is 9.90 Å². The minimum absolute atomic E-state index is 0.201. The monoisotopic (exact) mass is 432 g/mol. The Morgan fingerprint density at radius 2 is 1.77 bits per heavy atom. The van der Waals surface area contributed by atoms with Crippen LogP contribution in [0.15, 0.2) is 0 Å². The highest BCUT2D eigenvalue weighted by Gasteiger charge is 2.62. The Hall–Kier alpha value is -0.450. The lowest BCUT2D eigenvalue weighted by Gasteiger charge is -2.61. The molecule has 4 unspecified atom stereocenters. The van der Waals surface area contributed by atoms with E-state index in [9.17, 15) is 9.90 Å². The fourth-order valence-electron chi connectivity index (χ4n) is 8.91. The number of hydrogen-bond donors (Lipinski definition) is 3. The summed E-state index contributed by atoms with van der Waals surface area (Å²) in [4.78, 5) is 12.1. The molecule has 4 nitrogen and oxygen atoms in total. The maximum Gasteiger partial charge on any atom is 0.133 e. The Labute approximate surface area is 190 Å². The molecule has 178 valence electrons. The molecule has 4 aliphatic carbocycles. The Morgan fingerprint density at radius 3 is 2.52 bits per heavy atom. The second-order valence-electron chi connectivity index (χ2n) is 12.6. The smallest absolute Gasteiger partial charge is 0.133 e. The first kappa shape index (κ1) is 23.7. The quantitative estimate of drug-likeness (QED) is 0.522. The number of Topliss-reactive ketones (excluding diaryl/α,β-unsaturated/α-hetero) is 1. The molecule has 0 aromatic heterocycles. The molecule has 3 N–H and O–H groups in total. The predicted octanol–water partition coefficient (Wildman–Crippen LogP) is 4.41. The van der Waals surface area contributed by atoms with Crippen molar-refractivity contribution in [3.63, 3.8) is 0 Å². The van der Waals surface area contributed by atoms with Gasteiger partial charge in [-0.2, -0.15) is 0 Å². The molecule has 0 aromatic carbocycles. The molecule has 4 heteroatoms. The molecule has 4 fully saturated rings. The molecule has 0 heterocycles. The van der Waals surface area contributed by atoms with E-state index in [2.05, 4.69) is 45.3 Å². The number of carbonyl (C=O) groups is 1. The summed E-state index contributed by atoms with van der Waals surface area (Å²) in [5.74, 6) is 4.01. The van der Waals surface area contributed by atoms with E-state index in [1.807, 2.05) is 0 Å². The van der Waals surface area contributed by atoms with Gasteiger partial charge in [0.05, 0.1) is 6.10 Å². The van der Waals surface area contributed by atoms with Gasteiger partial charge in [0.15, 0.2) is 0 Å². The molecule has 4 aliphatic rings. The van der Waals surface area contributed by atoms with Crippen molar-refractivity contribution in [3.05, 3.63) is 0 Å². The average molecular weight is 433 g/mol. The Bertz CT molecular complexity index is 651. The Balaban J connectivity index is 1.42. The average Bonchev–Trinajstić information content (AvgIpc) is 3.06. The predicted molar refractivity (Wildman–Crippen MR) is 127 cm³/mol. The zero-order valence-corrected chi connectivity index (χ0v) is 20.8. The summed E-state index contributed by atoms with van der Waals surface area (Å²) in [6.07, 6.45) is 8.38. The zero-order chi connectivity index (χ0) is 22.4.